The first-order chi connectivity index (χ1) is 7.45. The summed E-state index contributed by atoms with van der Waals surface area (Å²) in [6.45, 7) is 2.05. The maximum Gasteiger partial charge on any atom is 0.245 e. The van der Waals surface area contributed by atoms with Gasteiger partial charge in [-0.3, -0.25) is 0 Å². The van der Waals surface area contributed by atoms with Gasteiger partial charge in [-0.05, 0) is 13.1 Å². The van der Waals surface area contributed by atoms with Crippen molar-refractivity contribution in [3.63, 3.8) is 0 Å². The molecule has 0 atom stereocenters. The van der Waals surface area contributed by atoms with Crippen LogP contribution in [0.4, 0.5) is 0 Å². The molecule has 0 bridgehead atoms. The number of halogens is 2. The van der Waals surface area contributed by atoms with Crippen LogP contribution in [0.3, 0.4) is 0 Å². The summed E-state index contributed by atoms with van der Waals surface area (Å²) in [6, 6.07) is 0. The van der Waals surface area contributed by atoms with E-state index >= 15 is 0 Å². The van der Waals surface area contributed by atoms with E-state index in [9.17, 15) is 0 Å². The Bertz CT molecular complexity index is 315. The maximum absolute atomic E-state index is 5.43. The van der Waals surface area contributed by atoms with Crippen LogP contribution in [0.5, 0.6) is 0 Å². The Labute approximate surface area is 120 Å². The fraction of sp³-hybridized carbons (Fsp3) is 0.333. The van der Waals surface area contributed by atoms with Crippen LogP contribution in [-0.2, 0) is 23.2 Å². The van der Waals surface area contributed by atoms with E-state index in [1.807, 2.05) is 13.1 Å². The van der Waals surface area contributed by atoms with Crippen molar-refractivity contribution in [1.82, 2.24) is 0 Å². The van der Waals surface area contributed by atoms with Crippen molar-refractivity contribution in [2.75, 3.05) is 0 Å². The molecule has 86 valence electrons. The number of rotatable bonds is 2. The first kappa shape index (κ1) is 14.7. The van der Waals surface area contributed by atoms with Crippen LogP contribution in [-0.4, -0.2) is 6.69 Å². The molecule has 0 aromatic heterocycles. The van der Waals surface area contributed by atoms with Gasteiger partial charge in [-0.1, -0.05) is 0 Å². The molecule has 2 aliphatic rings. The minimum Gasteiger partial charge on any atom is -0.146 e. The average Bonchev–Trinajstić information content (AvgIpc) is 2.74. The number of hydrogen-bond acceptors (Lipinski definition) is 0. The SMILES string of the molecule is C1=CC[C]([Zr][C]2=CC=CC2)=C1.C[Si](C)(Cl)Cl. The van der Waals surface area contributed by atoms with Crippen molar-refractivity contribution in [1.29, 1.82) is 0 Å². The Morgan fingerprint density at radius 2 is 1.38 bits per heavy atom. The summed E-state index contributed by atoms with van der Waals surface area (Å²) in [5, 5.41) is 0. The summed E-state index contributed by atoms with van der Waals surface area (Å²) in [7, 11) is 0. The summed E-state index contributed by atoms with van der Waals surface area (Å²) in [4.78, 5) is 0. The molecular formula is C12H16Cl2SiZr. The Balaban J connectivity index is 0.000000221. The van der Waals surface area contributed by atoms with Crippen LogP contribution in [0.1, 0.15) is 12.8 Å². The quantitative estimate of drug-likeness (QED) is 0.490. The van der Waals surface area contributed by atoms with Gasteiger partial charge in [-0.25, -0.2) is 0 Å². The normalized spacial score (nSPS) is 17.8. The van der Waals surface area contributed by atoms with E-state index < -0.39 is 6.69 Å². The van der Waals surface area contributed by atoms with Crippen LogP contribution in [0.15, 0.2) is 43.0 Å². The van der Waals surface area contributed by atoms with E-state index in [-0.39, 0.29) is 23.2 Å². The van der Waals surface area contributed by atoms with Crippen molar-refractivity contribution < 1.29 is 23.2 Å². The molecule has 0 fully saturated rings. The molecule has 16 heavy (non-hydrogen) atoms. The average molecular weight is 350 g/mol. The molecule has 0 amide bonds. The van der Waals surface area contributed by atoms with E-state index in [0.717, 1.165) is 0 Å². The van der Waals surface area contributed by atoms with E-state index in [4.69, 9.17) is 22.2 Å². The Kier molecular flexibility index (Phi) is 6.58. The third-order valence-corrected chi connectivity index (χ3v) is 5.27. The number of allylic oxidation sites excluding steroid dienone is 8. The predicted molar refractivity (Wildman–Crippen MR) is 72.9 cm³/mol. The third-order valence-electron chi connectivity index (χ3n) is 1.86. The minimum absolute atomic E-state index is 0.312. The van der Waals surface area contributed by atoms with Crippen LogP contribution in [0.2, 0.25) is 13.1 Å². The fourth-order valence-corrected chi connectivity index (χ4v) is 4.26. The van der Waals surface area contributed by atoms with Crippen molar-refractivity contribution in [2.45, 2.75) is 25.9 Å². The van der Waals surface area contributed by atoms with Gasteiger partial charge in [0.15, 0.2) is 0 Å². The van der Waals surface area contributed by atoms with E-state index in [0.29, 0.717) is 0 Å². The topological polar surface area (TPSA) is 0 Å². The van der Waals surface area contributed by atoms with E-state index in [1.165, 1.54) is 12.8 Å². The molecule has 0 saturated heterocycles. The zero-order valence-corrected chi connectivity index (χ0v) is 14.6. The van der Waals surface area contributed by atoms with Gasteiger partial charge in [0, 0.05) is 0 Å². The van der Waals surface area contributed by atoms with Gasteiger partial charge >= 0.3 is 79.1 Å². The zero-order valence-electron chi connectivity index (χ0n) is 9.63. The summed E-state index contributed by atoms with van der Waals surface area (Å²) in [6.07, 6.45) is 16.0. The number of hydrogen-bond donors (Lipinski definition) is 0. The molecule has 0 nitrogen and oxygen atoms in total. The summed E-state index contributed by atoms with van der Waals surface area (Å²) in [5.41, 5.74) is 0. The Hall–Kier alpha value is 0.640. The third kappa shape index (κ3) is 7.84. The van der Waals surface area contributed by atoms with Gasteiger partial charge in [0.25, 0.3) is 0 Å². The molecule has 0 N–H and O–H groups in total. The summed E-state index contributed by atoms with van der Waals surface area (Å²) in [5.74, 6) is 0. The van der Waals surface area contributed by atoms with Crippen LogP contribution in [0, 0.1) is 0 Å². The first-order valence-corrected chi connectivity index (χ1v) is 12.8. The molecular weight excluding hydrogens is 334 g/mol. The monoisotopic (exact) mass is 348 g/mol. The molecule has 0 radical (unpaired) electrons. The molecule has 0 aromatic rings. The molecule has 0 spiro atoms. The van der Waals surface area contributed by atoms with Crippen LogP contribution in [0.25, 0.3) is 0 Å². The minimum atomic E-state index is -1.67. The predicted octanol–water partition coefficient (Wildman–Crippen LogP) is 4.92. The van der Waals surface area contributed by atoms with E-state index in [2.05, 4.69) is 36.5 Å². The van der Waals surface area contributed by atoms with Gasteiger partial charge < -0.3 is 0 Å². The van der Waals surface area contributed by atoms with Crippen molar-refractivity contribution >= 4 is 28.9 Å². The van der Waals surface area contributed by atoms with Gasteiger partial charge in [0.05, 0.1) is 0 Å². The second-order valence-electron chi connectivity index (χ2n) is 4.10. The van der Waals surface area contributed by atoms with Crippen molar-refractivity contribution in [3.8, 4) is 0 Å². The van der Waals surface area contributed by atoms with Crippen LogP contribution < -0.4 is 0 Å². The second kappa shape index (κ2) is 7.16. The molecule has 4 heteroatoms. The molecule has 0 heterocycles. The molecule has 2 rings (SSSR count). The molecule has 0 saturated carbocycles. The summed E-state index contributed by atoms with van der Waals surface area (Å²) >= 11 is 10.6. The van der Waals surface area contributed by atoms with Gasteiger partial charge in [-0.15, -0.1) is 22.2 Å². The Morgan fingerprint density at radius 1 is 1.00 bits per heavy atom. The van der Waals surface area contributed by atoms with Crippen molar-refractivity contribution in [2.24, 2.45) is 0 Å². The largest absolute Gasteiger partial charge is 0.245 e. The second-order valence-corrected chi connectivity index (χ2v) is 16.8. The van der Waals surface area contributed by atoms with Gasteiger partial charge in [0.1, 0.15) is 0 Å². The van der Waals surface area contributed by atoms with Crippen molar-refractivity contribution in [3.05, 3.63) is 43.0 Å². The fourth-order valence-electron chi connectivity index (χ4n) is 1.29. The maximum atomic E-state index is 5.43. The van der Waals surface area contributed by atoms with Gasteiger partial charge in [0.2, 0.25) is 6.69 Å². The standard InChI is InChI=1S/2C5H5.C2H6Cl2Si.Zr/c2*1-2-4-5-3-1;1-5(2,3)4;/h2*1-3H,4H2;1-2H3;. The summed E-state index contributed by atoms with van der Waals surface area (Å²) < 4.78 is 3.45. The van der Waals surface area contributed by atoms with Gasteiger partial charge in [-0.2, -0.15) is 0 Å². The molecule has 0 aliphatic heterocycles. The Morgan fingerprint density at radius 3 is 1.62 bits per heavy atom. The molecule has 0 unspecified atom stereocenters. The zero-order chi connectivity index (χ0) is 12.0. The first-order valence-electron chi connectivity index (χ1n) is 5.31. The molecule has 0 aromatic carbocycles. The van der Waals surface area contributed by atoms with Crippen LogP contribution >= 0.6 is 22.2 Å². The molecule has 2 aliphatic carbocycles. The smallest absolute Gasteiger partial charge is 0.146 e. The van der Waals surface area contributed by atoms with E-state index in [1.54, 1.807) is 6.56 Å².